The van der Waals surface area contributed by atoms with E-state index in [2.05, 4.69) is 21.7 Å². The molecule has 0 saturated heterocycles. The van der Waals surface area contributed by atoms with Crippen LogP contribution in [-0.4, -0.2) is 16.8 Å². The molecule has 0 unspecified atom stereocenters. The molecule has 5 nitrogen and oxygen atoms in total. The number of hydrogen-bond acceptors (Lipinski definition) is 4. The Hall–Kier alpha value is -2.70. The van der Waals surface area contributed by atoms with Crippen molar-refractivity contribution in [3.05, 3.63) is 63.1 Å². The van der Waals surface area contributed by atoms with Gasteiger partial charge in [-0.3, -0.25) is 9.59 Å². The molecule has 3 rings (SSSR count). The summed E-state index contributed by atoms with van der Waals surface area (Å²) in [5.41, 5.74) is 4.96. The first-order valence-electron chi connectivity index (χ1n) is 8.68. The summed E-state index contributed by atoms with van der Waals surface area (Å²) >= 11 is 7.55. The molecule has 7 heteroatoms. The normalized spacial score (nSPS) is 10.6. The van der Waals surface area contributed by atoms with E-state index in [0.717, 1.165) is 16.1 Å². The fourth-order valence-electron chi connectivity index (χ4n) is 2.86. The van der Waals surface area contributed by atoms with E-state index in [4.69, 9.17) is 11.6 Å². The summed E-state index contributed by atoms with van der Waals surface area (Å²) < 4.78 is 0. The van der Waals surface area contributed by atoms with Gasteiger partial charge in [-0.25, -0.2) is 4.98 Å². The minimum Gasteiger partial charge on any atom is -0.326 e. The highest BCUT2D eigenvalue weighted by molar-refractivity contribution is 7.17. The van der Waals surface area contributed by atoms with Crippen molar-refractivity contribution >= 4 is 46.1 Å². The topological polar surface area (TPSA) is 71.1 Å². The lowest BCUT2D eigenvalue weighted by Crippen LogP contribution is -2.13. The van der Waals surface area contributed by atoms with Crippen molar-refractivity contribution < 1.29 is 9.59 Å². The Balaban J connectivity index is 1.88. The second kappa shape index (κ2) is 8.12. The molecule has 0 bridgehead atoms. The van der Waals surface area contributed by atoms with Gasteiger partial charge in [0.1, 0.15) is 9.88 Å². The van der Waals surface area contributed by atoms with Gasteiger partial charge in [0.05, 0.1) is 16.4 Å². The zero-order chi connectivity index (χ0) is 20.4. The van der Waals surface area contributed by atoms with Crippen LogP contribution in [-0.2, 0) is 4.79 Å². The maximum absolute atomic E-state index is 12.8. The number of anilines is 2. The van der Waals surface area contributed by atoms with Gasteiger partial charge >= 0.3 is 0 Å². The quantitative estimate of drug-likeness (QED) is 0.584. The number of nitrogens with one attached hydrogen (secondary N) is 2. The Morgan fingerprint density at radius 2 is 1.79 bits per heavy atom. The number of carbonyl (C=O) groups excluding carboxylic acids is 2. The maximum atomic E-state index is 12.8. The van der Waals surface area contributed by atoms with Gasteiger partial charge in [-0.1, -0.05) is 35.4 Å². The van der Waals surface area contributed by atoms with Crippen LogP contribution in [0.1, 0.15) is 33.4 Å². The first-order chi connectivity index (χ1) is 13.2. The number of halogens is 1. The number of aromatic nitrogens is 1. The number of aryl methyl sites for hydroxylation is 3. The molecule has 1 aromatic heterocycles. The molecule has 0 radical (unpaired) electrons. The second-order valence-corrected chi connectivity index (χ2v) is 7.99. The van der Waals surface area contributed by atoms with Crippen LogP contribution in [0.15, 0.2) is 36.4 Å². The summed E-state index contributed by atoms with van der Waals surface area (Å²) in [5, 5.41) is 6.68. The zero-order valence-corrected chi connectivity index (χ0v) is 17.6. The Kier molecular flexibility index (Phi) is 5.82. The van der Waals surface area contributed by atoms with Crippen LogP contribution in [0, 0.1) is 20.8 Å². The molecular weight excluding hydrogens is 394 g/mol. The summed E-state index contributed by atoms with van der Waals surface area (Å²) in [6.07, 6.45) is 0. The van der Waals surface area contributed by atoms with E-state index in [0.29, 0.717) is 27.0 Å². The lowest BCUT2D eigenvalue weighted by molar-refractivity contribution is -0.114. The summed E-state index contributed by atoms with van der Waals surface area (Å²) in [6, 6.07) is 11.1. The molecule has 0 saturated carbocycles. The minimum atomic E-state index is -0.284. The fraction of sp³-hybridized carbons (Fsp3) is 0.190. The molecule has 0 aliphatic rings. The molecule has 0 aliphatic carbocycles. The van der Waals surface area contributed by atoms with Crippen molar-refractivity contribution in [2.24, 2.45) is 0 Å². The smallest absolute Gasteiger partial charge is 0.267 e. The van der Waals surface area contributed by atoms with Crippen molar-refractivity contribution in [2.75, 3.05) is 10.6 Å². The average molecular weight is 414 g/mol. The first kappa shape index (κ1) is 20.0. The van der Waals surface area contributed by atoms with Gasteiger partial charge in [0.2, 0.25) is 5.91 Å². The Morgan fingerprint density at radius 1 is 1.04 bits per heavy atom. The van der Waals surface area contributed by atoms with Crippen molar-refractivity contribution in [3.63, 3.8) is 0 Å². The average Bonchev–Trinajstić information content (AvgIpc) is 2.99. The highest BCUT2D eigenvalue weighted by Gasteiger charge is 2.18. The summed E-state index contributed by atoms with van der Waals surface area (Å²) in [7, 11) is 0. The maximum Gasteiger partial charge on any atom is 0.267 e. The third-order valence-corrected chi connectivity index (χ3v) is 5.67. The van der Waals surface area contributed by atoms with Crippen molar-refractivity contribution in [1.82, 2.24) is 4.98 Å². The van der Waals surface area contributed by atoms with Crippen LogP contribution < -0.4 is 10.6 Å². The summed E-state index contributed by atoms with van der Waals surface area (Å²) in [5.74, 6) is -0.483. The van der Waals surface area contributed by atoms with Crippen LogP contribution in [0.4, 0.5) is 11.4 Å². The molecule has 2 N–H and O–H groups in total. The molecule has 28 heavy (non-hydrogen) atoms. The number of nitrogens with zero attached hydrogens (tertiary/aromatic N) is 1. The monoisotopic (exact) mass is 413 g/mol. The molecule has 0 fully saturated rings. The van der Waals surface area contributed by atoms with Crippen LogP contribution in [0.5, 0.6) is 0 Å². The highest BCUT2D eigenvalue weighted by Crippen LogP contribution is 2.32. The van der Waals surface area contributed by atoms with Crippen molar-refractivity contribution in [3.8, 4) is 10.6 Å². The predicted molar refractivity (Wildman–Crippen MR) is 115 cm³/mol. The highest BCUT2D eigenvalue weighted by atomic mass is 35.5. The lowest BCUT2D eigenvalue weighted by Gasteiger charge is -2.09. The Bertz CT molecular complexity index is 1080. The number of thiazole rings is 1. The number of rotatable bonds is 4. The summed E-state index contributed by atoms with van der Waals surface area (Å²) in [6.45, 7) is 7.31. The molecule has 0 atom stereocenters. The molecule has 2 aromatic carbocycles. The first-order valence-corrected chi connectivity index (χ1v) is 9.87. The molecule has 3 aromatic rings. The van der Waals surface area contributed by atoms with Crippen LogP contribution in [0.25, 0.3) is 10.6 Å². The predicted octanol–water partition coefficient (Wildman–Crippen LogP) is 5.60. The van der Waals surface area contributed by atoms with Gasteiger partial charge in [0.25, 0.3) is 5.91 Å². The molecule has 2 amide bonds. The number of carbonyl (C=O) groups is 2. The number of benzene rings is 2. The Morgan fingerprint density at radius 3 is 2.46 bits per heavy atom. The van der Waals surface area contributed by atoms with Crippen LogP contribution >= 0.6 is 22.9 Å². The fourth-order valence-corrected chi connectivity index (χ4v) is 4.07. The van der Waals surface area contributed by atoms with Gasteiger partial charge in [-0.2, -0.15) is 0 Å². The third kappa shape index (κ3) is 4.40. The third-order valence-electron chi connectivity index (χ3n) is 4.15. The Labute approximate surface area is 172 Å². The largest absolute Gasteiger partial charge is 0.326 e. The standard InChI is InChI=1S/C21H20ClN3O2S/c1-11-5-7-16(12(2)9-11)21-23-13(3)19(28-21)20(27)25-18-10-15(24-14(4)26)6-8-17(18)22/h5-10H,1-4H3,(H,24,26)(H,25,27). The molecule has 144 valence electrons. The summed E-state index contributed by atoms with van der Waals surface area (Å²) in [4.78, 5) is 29.2. The second-order valence-electron chi connectivity index (χ2n) is 6.58. The zero-order valence-electron chi connectivity index (χ0n) is 16.0. The van der Waals surface area contributed by atoms with E-state index < -0.39 is 0 Å². The van der Waals surface area contributed by atoms with Gasteiger partial charge in [0, 0.05) is 18.2 Å². The molecule has 1 heterocycles. The SMILES string of the molecule is CC(=O)Nc1ccc(Cl)c(NC(=O)c2sc(-c3ccc(C)cc3C)nc2C)c1. The van der Waals surface area contributed by atoms with Gasteiger partial charge < -0.3 is 10.6 Å². The van der Waals surface area contributed by atoms with E-state index in [-0.39, 0.29) is 11.8 Å². The van der Waals surface area contributed by atoms with Crippen LogP contribution in [0.3, 0.4) is 0 Å². The van der Waals surface area contributed by atoms with E-state index in [9.17, 15) is 9.59 Å². The molecular formula is C21H20ClN3O2S. The lowest BCUT2D eigenvalue weighted by atomic mass is 10.1. The number of amides is 2. The van der Waals surface area contributed by atoms with E-state index in [1.165, 1.54) is 23.8 Å². The van der Waals surface area contributed by atoms with Gasteiger partial charge in [-0.05, 0) is 44.5 Å². The molecule has 0 spiro atoms. The molecule has 0 aliphatic heterocycles. The van der Waals surface area contributed by atoms with E-state index in [1.54, 1.807) is 18.2 Å². The van der Waals surface area contributed by atoms with Crippen molar-refractivity contribution in [1.29, 1.82) is 0 Å². The van der Waals surface area contributed by atoms with Crippen LogP contribution in [0.2, 0.25) is 5.02 Å². The van der Waals surface area contributed by atoms with Crippen molar-refractivity contribution in [2.45, 2.75) is 27.7 Å². The van der Waals surface area contributed by atoms with Gasteiger partial charge in [-0.15, -0.1) is 11.3 Å². The van der Waals surface area contributed by atoms with E-state index >= 15 is 0 Å². The minimum absolute atomic E-state index is 0.198. The van der Waals surface area contributed by atoms with E-state index in [1.807, 2.05) is 32.9 Å². The number of hydrogen-bond donors (Lipinski definition) is 2. The van der Waals surface area contributed by atoms with Gasteiger partial charge in [0.15, 0.2) is 0 Å².